The van der Waals surface area contributed by atoms with Crippen LogP contribution in [0, 0.1) is 0 Å². The van der Waals surface area contributed by atoms with Crippen molar-refractivity contribution in [3.63, 3.8) is 0 Å². The maximum atomic E-state index is 14.5. The van der Waals surface area contributed by atoms with Crippen molar-refractivity contribution in [2.45, 2.75) is 56.4 Å². The molecule has 0 saturated carbocycles. The number of nitrogens with zero attached hydrogens (tertiary/aromatic N) is 4. The fraction of sp³-hybridized carbons (Fsp3) is 0.350. The molecule has 3 aromatic carbocycles. The number of fused-ring (bicyclic) bond motifs is 4. The van der Waals surface area contributed by atoms with Gasteiger partial charge in [0, 0.05) is 41.0 Å². The lowest BCUT2D eigenvalue weighted by molar-refractivity contribution is 0.413. The fourth-order valence-corrected chi connectivity index (χ4v) is 9.02. The van der Waals surface area contributed by atoms with Crippen LogP contribution in [0.1, 0.15) is 55.6 Å². The molecular formula is C40H48N4O2S. The minimum absolute atomic E-state index is 0.256. The molecule has 0 bridgehead atoms. The molecule has 5 aromatic rings. The SMILES string of the molecule is CC(C)=C[C@H]1C[C@](C)(/C=C/c2c(CCN(C)C)c3ccccc3n2S(=O)(=O)c2ccccc2)n2c1c(CCN(C)C)c1ccccc12. The van der Waals surface area contributed by atoms with Gasteiger partial charge in [0.05, 0.1) is 21.6 Å². The zero-order chi connectivity index (χ0) is 33.5. The molecule has 7 heteroatoms. The molecule has 0 spiro atoms. The van der Waals surface area contributed by atoms with E-state index in [1.807, 2.05) is 24.3 Å². The fourth-order valence-electron chi connectivity index (χ4n) is 7.46. The van der Waals surface area contributed by atoms with E-state index in [-0.39, 0.29) is 16.4 Å². The maximum absolute atomic E-state index is 14.5. The summed E-state index contributed by atoms with van der Waals surface area (Å²) in [5, 5.41) is 2.29. The molecule has 0 N–H and O–H groups in total. The number of aromatic nitrogens is 2. The normalized spacial score (nSPS) is 18.3. The van der Waals surface area contributed by atoms with Gasteiger partial charge in [-0.15, -0.1) is 0 Å². The molecule has 0 amide bonds. The molecule has 47 heavy (non-hydrogen) atoms. The van der Waals surface area contributed by atoms with Crippen LogP contribution in [0.25, 0.3) is 27.9 Å². The second-order valence-corrected chi connectivity index (χ2v) is 15.8. The summed E-state index contributed by atoms with van der Waals surface area (Å²) in [6.07, 6.45) is 9.41. The van der Waals surface area contributed by atoms with Crippen LogP contribution < -0.4 is 0 Å². The molecule has 0 aliphatic carbocycles. The van der Waals surface area contributed by atoms with Crippen LogP contribution in [0.2, 0.25) is 0 Å². The van der Waals surface area contributed by atoms with Gasteiger partial charge in [0.2, 0.25) is 0 Å². The molecule has 0 radical (unpaired) electrons. The third kappa shape index (κ3) is 6.13. The first-order chi connectivity index (χ1) is 22.4. The Labute approximate surface area is 280 Å². The van der Waals surface area contributed by atoms with Gasteiger partial charge in [0.1, 0.15) is 0 Å². The van der Waals surface area contributed by atoms with Crippen molar-refractivity contribution >= 4 is 37.9 Å². The molecule has 3 heterocycles. The second kappa shape index (κ2) is 12.9. The Morgan fingerprint density at radius 1 is 0.809 bits per heavy atom. The average molecular weight is 649 g/mol. The maximum Gasteiger partial charge on any atom is 0.268 e. The van der Waals surface area contributed by atoms with Gasteiger partial charge in [0.25, 0.3) is 10.0 Å². The van der Waals surface area contributed by atoms with E-state index < -0.39 is 10.0 Å². The Kier molecular flexibility index (Phi) is 9.09. The minimum atomic E-state index is -3.88. The van der Waals surface area contributed by atoms with E-state index in [0.29, 0.717) is 5.52 Å². The van der Waals surface area contributed by atoms with Gasteiger partial charge in [0.15, 0.2) is 0 Å². The molecular weight excluding hydrogens is 601 g/mol. The standard InChI is InChI=1S/C40H48N4O2S/c1-29(2)27-30-28-40(3,43-36-19-13-11-18-33(36)35(39(30)43)23-26-42(6)7)24-21-38-34(22-25-41(4)5)32-17-12-14-20-37(32)44(38)47(45,46)31-15-9-8-10-16-31/h8-21,24,27,30H,22-23,25-26,28H2,1-7H3/b24-21+/t30-,40-/m0/s1. The number of para-hydroxylation sites is 2. The Hall–Kier alpha value is -3.91. The quantitative estimate of drug-likeness (QED) is 0.137. The van der Waals surface area contributed by atoms with Crippen molar-refractivity contribution in [3.05, 3.63) is 119 Å². The molecule has 1 aliphatic heterocycles. The summed E-state index contributed by atoms with van der Waals surface area (Å²) in [7, 11) is 4.51. The molecule has 1 aliphatic rings. The zero-order valence-electron chi connectivity index (χ0n) is 28.9. The van der Waals surface area contributed by atoms with Gasteiger partial charge in [-0.1, -0.05) is 72.3 Å². The summed E-state index contributed by atoms with van der Waals surface area (Å²) in [6, 6.07) is 25.5. The predicted molar refractivity (Wildman–Crippen MR) is 197 cm³/mol. The number of benzene rings is 3. The van der Waals surface area contributed by atoms with E-state index in [1.54, 1.807) is 28.2 Å². The van der Waals surface area contributed by atoms with Crippen LogP contribution in [-0.4, -0.2) is 68.0 Å². The first kappa shape index (κ1) is 33.0. The number of likely N-dealkylation sites (N-methyl/N-ethyl adjacent to an activating group) is 2. The summed E-state index contributed by atoms with van der Waals surface area (Å²) in [5.74, 6) is 0.256. The number of rotatable bonds is 11. The van der Waals surface area contributed by atoms with Crippen LogP contribution >= 0.6 is 0 Å². The van der Waals surface area contributed by atoms with Crippen molar-refractivity contribution in [1.82, 2.24) is 18.3 Å². The van der Waals surface area contributed by atoms with Crippen molar-refractivity contribution in [2.75, 3.05) is 41.3 Å². The van der Waals surface area contributed by atoms with Gasteiger partial charge >= 0.3 is 0 Å². The van der Waals surface area contributed by atoms with E-state index >= 15 is 0 Å². The van der Waals surface area contributed by atoms with Crippen molar-refractivity contribution < 1.29 is 8.42 Å². The first-order valence-corrected chi connectivity index (χ1v) is 18.1. The van der Waals surface area contributed by atoms with Crippen LogP contribution in [0.15, 0.2) is 101 Å². The molecule has 0 fully saturated rings. The van der Waals surface area contributed by atoms with E-state index in [0.717, 1.165) is 49.0 Å². The summed E-state index contributed by atoms with van der Waals surface area (Å²) < 4.78 is 33.1. The number of hydrogen-bond acceptors (Lipinski definition) is 4. The van der Waals surface area contributed by atoms with E-state index in [4.69, 9.17) is 0 Å². The highest BCUT2D eigenvalue weighted by molar-refractivity contribution is 7.90. The van der Waals surface area contributed by atoms with Gasteiger partial charge in [-0.3, -0.25) is 0 Å². The van der Waals surface area contributed by atoms with E-state index in [9.17, 15) is 8.42 Å². The summed E-state index contributed by atoms with van der Waals surface area (Å²) in [5.41, 5.74) is 7.46. The molecule has 6 rings (SSSR count). The molecule has 6 nitrogen and oxygen atoms in total. The number of allylic oxidation sites excluding steroid dienone is 3. The predicted octanol–water partition coefficient (Wildman–Crippen LogP) is 7.92. The largest absolute Gasteiger partial charge is 0.334 e. The Morgan fingerprint density at radius 2 is 1.36 bits per heavy atom. The lowest BCUT2D eigenvalue weighted by atomic mass is 9.88. The first-order valence-electron chi connectivity index (χ1n) is 16.6. The number of hydrogen-bond donors (Lipinski definition) is 0. The average Bonchev–Trinajstić information content (AvgIpc) is 3.64. The van der Waals surface area contributed by atoms with Crippen LogP contribution in [0.4, 0.5) is 0 Å². The van der Waals surface area contributed by atoms with Crippen LogP contribution in [0.3, 0.4) is 0 Å². The van der Waals surface area contributed by atoms with Gasteiger partial charge in [-0.05, 0) is 110 Å². The highest BCUT2D eigenvalue weighted by atomic mass is 32.2. The van der Waals surface area contributed by atoms with Crippen molar-refractivity contribution in [1.29, 1.82) is 0 Å². The molecule has 246 valence electrons. The third-order valence-electron chi connectivity index (χ3n) is 9.53. The zero-order valence-corrected chi connectivity index (χ0v) is 29.7. The van der Waals surface area contributed by atoms with E-state index in [2.05, 4.69) is 112 Å². The summed E-state index contributed by atoms with van der Waals surface area (Å²) >= 11 is 0. The van der Waals surface area contributed by atoms with E-state index in [1.165, 1.54) is 27.7 Å². The molecule has 2 atom stereocenters. The lowest BCUT2D eigenvalue weighted by Crippen LogP contribution is -2.23. The molecule has 0 saturated heterocycles. The topological polar surface area (TPSA) is 50.5 Å². The lowest BCUT2D eigenvalue weighted by Gasteiger charge is -2.25. The summed E-state index contributed by atoms with van der Waals surface area (Å²) in [4.78, 5) is 4.69. The molecule has 2 aromatic heterocycles. The van der Waals surface area contributed by atoms with Crippen LogP contribution in [0.5, 0.6) is 0 Å². The smallest absolute Gasteiger partial charge is 0.268 e. The van der Waals surface area contributed by atoms with Gasteiger partial charge in [-0.2, -0.15) is 0 Å². The second-order valence-electron chi connectivity index (χ2n) is 14.0. The van der Waals surface area contributed by atoms with Gasteiger partial charge in [-0.25, -0.2) is 12.4 Å². The van der Waals surface area contributed by atoms with Crippen molar-refractivity contribution in [2.24, 2.45) is 0 Å². The third-order valence-corrected chi connectivity index (χ3v) is 11.3. The highest BCUT2D eigenvalue weighted by Gasteiger charge is 2.41. The van der Waals surface area contributed by atoms with Gasteiger partial charge < -0.3 is 14.4 Å². The summed E-state index contributed by atoms with van der Waals surface area (Å²) in [6.45, 7) is 8.46. The van der Waals surface area contributed by atoms with Crippen molar-refractivity contribution in [3.8, 4) is 0 Å². The highest BCUT2D eigenvalue weighted by Crippen LogP contribution is 2.49. The molecule has 0 unspecified atom stereocenters. The Morgan fingerprint density at radius 3 is 1.98 bits per heavy atom. The van der Waals surface area contributed by atoms with Crippen LogP contribution in [-0.2, 0) is 28.4 Å². The Balaban J connectivity index is 1.59. The minimum Gasteiger partial charge on any atom is -0.334 e. The Bertz CT molecular complexity index is 2080. The monoisotopic (exact) mass is 648 g/mol.